The summed E-state index contributed by atoms with van der Waals surface area (Å²) in [6.07, 6.45) is 2.68. The molecule has 1 aliphatic rings. The number of nitrogens with zero attached hydrogens (tertiary/aromatic N) is 1. The predicted molar refractivity (Wildman–Crippen MR) is 86.8 cm³/mol. The second kappa shape index (κ2) is 6.69. The topological polar surface area (TPSA) is 62.6 Å². The number of rotatable bonds is 5. The van der Waals surface area contributed by atoms with Crippen molar-refractivity contribution in [3.05, 3.63) is 54.0 Å². The first-order chi connectivity index (χ1) is 11.2. The van der Waals surface area contributed by atoms with Gasteiger partial charge >= 0.3 is 0 Å². The second-order valence-electron chi connectivity index (χ2n) is 5.68. The minimum Gasteiger partial charge on any atom is -0.467 e. The van der Waals surface area contributed by atoms with E-state index in [1.165, 1.54) is 0 Å². The molecule has 1 N–H and O–H groups in total. The molecule has 0 aliphatic carbocycles. The van der Waals surface area contributed by atoms with Crippen molar-refractivity contribution in [2.75, 3.05) is 11.4 Å². The molecule has 5 nitrogen and oxygen atoms in total. The van der Waals surface area contributed by atoms with Crippen molar-refractivity contribution in [3.63, 3.8) is 0 Å². The maximum absolute atomic E-state index is 12.3. The quantitative estimate of drug-likeness (QED) is 0.922. The molecule has 2 heterocycles. The summed E-state index contributed by atoms with van der Waals surface area (Å²) >= 11 is 0. The Balaban J connectivity index is 1.66. The normalized spacial score (nSPS) is 17.5. The number of hydrogen-bond donors (Lipinski definition) is 1. The van der Waals surface area contributed by atoms with Crippen LogP contribution < -0.4 is 10.2 Å². The highest BCUT2D eigenvalue weighted by Gasteiger charge is 2.35. The van der Waals surface area contributed by atoms with E-state index in [1.807, 2.05) is 30.3 Å². The van der Waals surface area contributed by atoms with Gasteiger partial charge in [0.2, 0.25) is 11.8 Å². The van der Waals surface area contributed by atoms with E-state index in [9.17, 15) is 9.59 Å². The van der Waals surface area contributed by atoms with Crippen LogP contribution in [0.25, 0.3) is 0 Å². The van der Waals surface area contributed by atoms with Gasteiger partial charge in [0.25, 0.3) is 0 Å². The largest absolute Gasteiger partial charge is 0.467 e. The lowest BCUT2D eigenvalue weighted by Crippen LogP contribution is -2.32. The zero-order valence-corrected chi connectivity index (χ0v) is 13.1. The molecule has 2 amide bonds. The molecule has 1 aromatic carbocycles. The summed E-state index contributed by atoms with van der Waals surface area (Å²) in [5.74, 6) is 0.286. The Morgan fingerprint density at radius 1 is 1.30 bits per heavy atom. The molecular weight excluding hydrogens is 292 g/mol. The third kappa shape index (κ3) is 3.28. The number of hydrogen-bond acceptors (Lipinski definition) is 3. The third-order valence-electron chi connectivity index (χ3n) is 4.18. The molecule has 0 unspecified atom stereocenters. The Hall–Kier alpha value is -2.56. The van der Waals surface area contributed by atoms with Crippen molar-refractivity contribution in [1.29, 1.82) is 0 Å². The van der Waals surface area contributed by atoms with E-state index in [1.54, 1.807) is 17.2 Å². The van der Waals surface area contributed by atoms with E-state index in [4.69, 9.17) is 4.42 Å². The van der Waals surface area contributed by atoms with Crippen molar-refractivity contribution in [2.24, 2.45) is 5.92 Å². The molecule has 23 heavy (non-hydrogen) atoms. The molecule has 1 saturated heterocycles. The third-order valence-corrected chi connectivity index (χ3v) is 4.18. The number of amides is 2. The first-order valence-corrected chi connectivity index (χ1v) is 7.87. The van der Waals surface area contributed by atoms with E-state index < -0.39 is 0 Å². The number of furan rings is 1. The summed E-state index contributed by atoms with van der Waals surface area (Å²) in [5.41, 5.74) is 2.04. The van der Waals surface area contributed by atoms with Crippen LogP contribution >= 0.6 is 0 Å². The zero-order chi connectivity index (χ0) is 16.2. The molecule has 1 aromatic heterocycles. The number of anilines is 1. The van der Waals surface area contributed by atoms with Gasteiger partial charge in [0.05, 0.1) is 18.7 Å². The van der Waals surface area contributed by atoms with Crippen molar-refractivity contribution >= 4 is 17.5 Å². The van der Waals surface area contributed by atoms with E-state index in [0.717, 1.165) is 17.7 Å². The van der Waals surface area contributed by atoms with Crippen molar-refractivity contribution < 1.29 is 14.0 Å². The lowest BCUT2D eigenvalue weighted by atomic mass is 10.1. The molecule has 0 saturated carbocycles. The lowest BCUT2D eigenvalue weighted by molar-refractivity contribution is -0.126. The van der Waals surface area contributed by atoms with Gasteiger partial charge in [-0.1, -0.05) is 25.1 Å². The number of carbonyl (C=O) groups is 2. The fourth-order valence-corrected chi connectivity index (χ4v) is 2.92. The molecule has 0 bridgehead atoms. The van der Waals surface area contributed by atoms with Gasteiger partial charge in [0, 0.05) is 18.7 Å². The first kappa shape index (κ1) is 15.3. The van der Waals surface area contributed by atoms with Crippen LogP contribution in [-0.4, -0.2) is 18.4 Å². The second-order valence-corrected chi connectivity index (χ2v) is 5.68. The van der Waals surface area contributed by atoms with Gasteiger partial charge in [-0.25, -0.2) is 0 Å². The Kier molecular flexibility index (Phi) is 4.46. The Morgan fingerprint density at radius 2 is 2.13 bits per heavy atom. The van der Waals surface area contributed by atoms with Gasteiger partial charge < -0.3 is 14.6 Å². The van der Waals surface area contributed by atoms with Crippen LogP contribution in [0.2, 0.25) is 0 Å². The van der Waals surface area contributed by atoms with Crippen LogP contribution in [0.3, 0.4) is 0 Å². The van der Waals surface area contributed by atoms with E-state index in [2.05, 4.69) is 12.2 Å². The number of para-hydroxylation sites is 1. The van der Waals surface area contributed by atoms with Gasteiger partial charge in [-0.2, -0.15) is 0 Å². The van der Waals surface area contributed by atoms with Crippen molar-refractivity contribution in [1.82, 2.24) is 5.32 Å². The Bertz CT molecular complexity index is 694. The summed E-state index contributed by atoms with van der Waals surface area (Å²) in [6.45, 7) is 2.84. The first-order valence-electron chi connectivity index (χ1n) is 7.87. The molecule has 1 atom stereocenters. The maximum Gasteiger partial charge on any atom is 0.227 e. The number of nitrogens with one attached hydrogen (secondary N) is 1. The van der Waals surface area contributed by atoms with Gasteiger partial charge in [-0.15, -0.1) is 0 Å². The van der Waals surface area contributed by atoms with E-state index in [0.29, 0.717) is 18.8 Å². The van der Waals surface area contributed by atoms with E-state index >= 15 is 0 Å². The van der Waals surface area contributed by atoms with E-state index in [-0.39, 0.29) is 24.2 Å². The van der Waals surface area contributed by atoms with Crippen molar-refractivity contribution in [2.45, 2.75) is 26.3 Å². The molecule has 0 radical (unpaired) electrons. The summed E-state index contributed by atoms with van der Waals surface area (Å²) in [4.78, 5) is 26.3. The molecule has 120 valence electrons. The standard InChI is InChI=1S/C18H20N2O3/c1-2-13-6-3-4-8-16(13)20-12-14(10-17(20)21)18(22)19-11-15-7-5-9-23-15/h3-9,14H,2,10-12H2,1H3,(H,19,22)/t14-/m1/s1. The van der Waals surface area contributed by atoms with Gasteiger partial charge in [0.15, 0.2) is 0 Å². The van der Waals surface area contributed by atoms with Crippen LogP contribution in [0.4, 0.5) is 5.69 Å². The molecule has 0 spiro atoms. The van der Waals surface area contributed by atoms with Gasteiger partial charge in [-0.3, -0.25) is 9.59 Å². The monoisotopic (exact) mass is 312 g/mol. The van der Waals surface area contributed by atoms with Crippen LogP contribution in [0.1, 0.15) is 24.7 Å². The maximum atomic E-state index is 12.3. The molecule has 1 aliphatic heterocycles. The zero-order valence-electron chi connectivity index (χ0n) is 13.1. The molecule has 2 aromatic rings. The summed E-state index contributed by atoms with van der Waals surface area (Å²) in [5, 5.41) is 2.84. The highest BCUT2D eigenvalue weighted by Crippen LogP contribution is 2.28. The summed E-state index contributed by atoms with van der Waals surface area (Å²) < 4.78 is 5.20. The predicted octanol–water partition coefficient (Wildman–Crippen LogP) is 2.51. The van der Waals surface area contributed by atoms with Crippen LogP contribution in [0, 0.1) is 5.92 Å². The average Bonchev–Trinajstić information content (AvgIpc) is 3.22. The molecule has 3 rings (SSSR count). The van der Waals surface area contributed by atoms with Gasteiger partial charge in [0.1, 0.15) is 5.76 Å². The number of carbonyl (C=O) groups excluding carboxylic acids is 2. The highest BCUT2D eigenvalue weighted by atomic mass is 16.3. The molecule has 1 fully saturated rings. The Labute approximate surface area is 135 Å². The highest BCUT2D eigenvalue weighted by molar-refractivity contribution is 6.00. The minimum absolute atomic E-state index is 0.00375. The summed E-state index contributed by atoms with van der Waals surface area (Å²) in [7, 11) is 0. The lowest BCUT2D eigenvalue weighted by Gasteiger charge is -2.19. The Morgan fingerprint density at radius 3 is 2.87 bits per heavy atom. The van der Waals surface area contributed by atoms with Crippen molar-refractivity contribution in [3.8, 4) is 0 Å². The smallest absolute Gasteiger partial charge is 0.227 e. The average molecular weight is 312 g/mol. The number of benzene rings is 1. The molecule has 5 heteroatoms. The molecular formula is C18H20N2O3. The fraction of sp³-hybridized carbons (Fsp3) is 0.333. The SMILES string of the molecule is CCc1ccccc1N1C[C@H](C(=O)NCc2ccco2)CC1=O. The van der Waals surface area contributed by atoms with Crippen LogP contribution in [-0.2, 0) is 22.6 Å². The fourth-order valence-electron chi connectivity index (χ4n) is 2.92. The van der Waals surface area contributed by atoms with Crippen LogP contribution in [0.5, 0.6) is 0 Å². The van der Waals surface area contributed by atoms with Gasteiger partial charge in [-0.05, 0) is 30.2 Å². The number of aryl methyl sites for hydroxylation is 1. The van der Waals surface area contributed by atoms with Crippen LogP contribution in [0.15, 0.2) is 47.1 Å². The summed E-state index contributed by atoms with van der Waals surface area (Å²) in [6, 6.07) is 11.4. The minimum atomic E-state index is -0.317.